The SMILES string of the molecule is CC(C)N1CCCC(C(=O)NN=Cc2c(-c3ccccc3)nc3sc4c(n23)CCCC4)C1.Cl. The number of likely N-dealkylation sites (tertiary alicyclic amines) is 1. The van der Waals surface area contributed by atoms with Crippen molar-refractivity contribution in [2.75, 3.05) is 13.1 Å². The number of rotatable bonds is 5. The molecule has 0 spiro atoms. The molecule has 176 valence electrons. The highest BCUT2D eigenvalue weighted by Crippen LogP contribution is 2.34. The molecule has 3 heterocycles. The predicted octanol–water partition coefficient (Wildman–Crippen LogP) is 4.93. The van der Waals surface area contributed by atoms with Gasteiger partial charge >= 0.3 is 0 Å². The molecule has 3 aromatic rings. The number of nitrogens with zero attached hydrogens (tertiary/aromatic N) is 4. The summed E-state index contributed by atoms with van der Waals surface area (Å²) in [5, 5.41) is 4.42. The molecule has 8 heteroatoms. The molecular weight excluding hydrogens is 454 g/mol. The van der Waals surface area contributed by atoms with Crippen LogP contribution in [0.5, 0.6) is 0 Å². The largest absolute Gasteiger partial charge is 0.300 e. The normalized spacial score (nSPS) is 19.1. The zero-order valence-corrected chi connectivity index (χ0v) is 20.9. The lowest BCUT2D eigenvalue weighted by Gasteiger charge is -2.34. The number of piperidine rings is 1. The number of imidazole rings is 1. The third-order valence-corrected chi connectivity index (χ3v) is 7.86. The fourth-order valence-corrected chi connectivity index (χ4v) is 6.14. The van der Waals surface area contributed by atoms with E-state index >= 15 is 0 Å². The Morgan fingerprint density at radius 2 is 2.00 bits per heavy atom. The summed E-state index contributed by atoms with van der Waals surface area (Å²) in [5.74, 6) is 0.0113. The summed E-state index contributed by atoms with van der Waals surface area (Å²) in [7, 11) is 0. The van der Waals surface area contributed by atoms with Crippen molar-refractivity contribution in [1.82, 2.24) is 19.7 Å². The van der Waals surface area contributed by atoms with Gasteiger partial charge in [-0.05, 0) is 58.9 Å². The Kier molecular flexibility index (Phi) is 7.51. The number of aryl methyl sites for hydroxylation is 2. The van der Waals surface area contributed by atoms with Gasteiger partial charge in [0.25, 0.3) is 0 Å². The van der Waals surface area contributed by atoms with Crippen molar-refractivity contribution in [3.05, 3.63) is 46.6 Å². The average molecular weight is 486 g/mol. The van der Waals surface area contributed by atoms with E-state index in [2.05, 4.69) is 45.8 Å². The monoisotopic (exact) mass is 485 g/mol. The van der Waals surface area contributed by atoms with Crippen molar-refractivity contribution in [3.63, 3.8) is 0 Å². The molecule has 1 saturated heterocycles. The van der Waals surface area contributed by atoms with Crippen LogP contribution in [0.25, 0.3) is 16.2 Å². The highest BCUT2D eigenvalue weighted by Gasteiger charge is 2.27. The van der Waals surface area contributed by atoms with E-state index in [1.165, 1.54) is 23.4 Å². The van der Waals surface area contributed by atoms with E-state index in [9.17, 15) is 4.79 Å². The highest BCUT2D eigenvalue weighted by molar-refractivity contribution is 7.17. The smallest absolute Gasteiger partial charge is 0.244 e. The Bertz CT molecular complexity index is 1140. The van der Waals surface area contributed by atoms with E-state index in [4.69, 9.17) is 4.98 Å². The number of halogens is 1. The number of benzene rings is 1. The number of thiazole rings is 1. The number of carbonyl (C=O) groups is 1. The number of nitrogens with one attached hydrogen (secondary N) is 1. The molecule has 2 aliphatic rings. The van der Waals surface area contributed by atoms with Gasteiger partial charge in [-0.15, -0.1) is 23.7 Å². The molecule has 5 rings (SSSR count). The molecule has 1 aromatic carbocycles. The maximum atomic E-state index is 12.8. The van der Waals surface area contributed by atoms with E-state index in [1.807, 2.05) is 18.2 Å². The van der Waals surface area contributed by atoms with Gasteiger partial charge in [0.1, 0.15) is 0 Å². The maximum absolute atomic E-state index is 12.8. The maximum Gasteiger partial charge on any atom is 0.244 e. The van der Waals surface area contributed by atoms with Gasteiger partial charge in [0.15, 0.2) is 4.96 Å². The molecule has 1 N–H and O–H groups in total. The summed E-state index contributed by atoms with van der Waals surface area (Å²) in [4.78, 5) is 22.6. The Balaban J connectivity index is 0.00000259. The van der Waals surface area contributed by atoms with Crippen molar-refractivity contribution in [2.24, 2.45) is 11.0 Å². The minimum absolute atomic E-state index is 0. The number of aromatic nitrogens is 2. The third kappa shape index (κ3) is 4.86. The topological polar surface area (TPSA) is 62.0 Å². The molecule has 33 heavy (non-hydrogen) atoms. The summed E-state index contributed by atoms with van der Waals surface area (Å²) in [6.07, 6.45) is 8.43. The minimum Gasteiger partial charge on any atom is -0.300 e. The molecule has 0 saturated carbocycles. The molecule has 2 aromatic heterocycles. The van der Waals surface area contributed by atoms with E-state index < -0.39 is 0 Å². The number of hydrazone groups is 1. The molecule has 0 bridgehead atoms. The first-order valence-electron chi connectivity index (χ1n) is 11.8. The average Bonchev–Trinajstić information content (AvgIpc) is 3.36. The van der Waals surface area contributed by atoms with Crippen LogP contribution in [0.15, 0.2) is 35.4 Å². The number of hydrogen-bond acceptors (Lipinski definition) is 5. The van der Waals surface area contributed by atoms with E-state index in [-0.39, 0.29) is 24.2 Å². The summed E-state index contributed by atoms with van der Waals surface area (Å²) < 4.78 is 2.26. The van der Waals surface area contributed by atoms with Gasteiger partial charge in [0.05, 0.1) is 23.5 Å². The lowest BCUT2D eigenvalue weighted by Crippen LogP contribution is -2.44. The number of fused-ring (bicyclic) bond motifs is 3. The first-order chi connectivity index (χ1) is 15.6. The van der Waals surface area contributed by atoms with E-state index in [0.717, 1.165) is 60.7 Å². The highest BCUT2D eigenvalue weighted by atomic mass is 35.5. The van der Waals surface area contributed by atoms with Crippen LogP contribution in [-0.4, -0.2) is 45.5 Å². The molecule has 0 radical (unpaired) electrons. The number of carbonyl (C=O) groups excluding carboxylic acids is 1. The Labute approximate surface area is 205 Å². The molecule has 1 amide bonds. The van der Waals surface area contributed by atoms with Crippen LogP contribution in [0.1, 0.15) is 55.8 Å². The fraction of sp³-hybridized carbons (Fsp3) is 0.480. The summed E-state index contributed by atoms with van der Waals surface area (Å²) in [6, 6.07) is 10.7. The molecule has 1 atom stereocenters. The summed E-state index contributed by atoms with van der Waals surface area (Å²) in [5.41, 5.74) is 7.14. The van der Waals surface area contributed by atoms with Gasteiger partial charge in [-0.3, -0.25) is 9.20 Å². The predicted molar refractivity (Wildman–Crippen MR) is 138 cm³/mol. The molecule has 1 aliphatic carbocycles. The Morgan fingerprint density at radius 3 is 2.79 bits per heavy atom. The second-order valence-corrected chi connectivity index (χ2v) is 10.2. The van der Waals surface area contributed by atoms with Crippen molar-refractivity contribution < 1.29 is 4.79 Å². The van der Waals surface area contributed by atoms with Crippen molar-refractivity contribution in [3.8, 4) is 11.3 Å². The summed E-state index contributed by atoms with van der Waals surface area (Å²) in [6.45, 7) is 6.26. The van der Waals surface area contributed by atoms with Gasteiger partial charge in [-0.2, -0.15) is 5.10 Å². The van der Waals surface area contributed by atoms with Gasteiger partial charge < -0.3 is 4.90 Å². The van der Waals surface area contributed by atoms with Crippen LogP contribution in [0.4, 0.5) is 0 Å². The van der Waals surface area contributed by atoms with Gasteiger partial charge in [-0.25, -0.2) is 10.4 Å². The molecule has 1 unspecified atom stereocenters. The van der Waals surface area contributed by atoms with Crippen LogP contribution in [-0.2, 0) is 17.6 Å². The zero-order chi connectivity index (χ0) is 22.1. The number of hydrogen-bond donors (Lipinski definition) is 1. The van der Waals surface area contributed by atoms with Crippen molar-refractivity contribution in [2.45, 2.75) is 58.4 Å². The van der Waals surface area contributed by atoms with Gasteiger partial charge in [0, 0.05) is 28.7 Å². The number of amides is 1. The van der Waals surface area contributed by atoms with Crippen LogP contribution < -0.4 is 5.43 Å². The van der Waals surface area contributed by atoms with Gasteiger partial charge in [-0.1, -0.05) is 30.3 Å². The second kappa shape index (κ2) is 10.4. The molecule has 6 nitrogen and oxygen atoms in total. The Morgan fingerprint density at radius 1 is 1.21 bits per heavy atom. The van der Waals surface area contributed by atoms with Gasteiger partial charge in [0.2, 0.25) is 5.91 Å². The van der Waals surface area contributed by atoms with E-state index in [1.54, 1.807) is 17.6 Å². The quantitative estimate of drug-likeness (QED) is 0.411. The molecule has 1 aliphatic heterocycles. The zero-order valence-electron chi connectivity index (χ0n) is 19.3. The standard InChI is InChI=1S/C25H31N5OS.ClH/c1-17(2)29-14-8-11-19(16-29)24(31)28-26-15-21-23(18-9-4-3-5-10-18)27-25-30(21)20-12-6-7-13-22(20)32-25;/h3-5,9-10,15,17,19H,6-8,11-14,16H2,1-2H3,(H,28,31);1H. The Hall–Kier alpha value is -2.22. The lowest BCUT2D eigenvalue weighted by molar-refractivity contribution is -0.126. The van der Waals surface area contributed by atoms with Crippen LogP contribution in [0.3, 0.4) is 0 Å². The molecule has 1 fully saturated rings. The lowest BCUT2D eigenvalue weighted by atomic mass is 9.96. The summed E-state index contributed by atoms with van der Waals surface area (Å²) >= 11 is 1.79. The fourth-order valence-electron chi connectivity index (χ4n) is 4.92. The van der Waals surface area contributed by atoms with Crippen LogP contribution in [0, 0.1) is 5.92 Å². The van der Waals surface area contributed by atoms with Crippen molar-refractivity contribution >= 4 is 40.8 Å². The second-order valence-electron chi connectivity index (χ2n) is 9.17. The molecular formula is C25H32ClN5OS. The van der Waals surface area contributed by atoms with Crippen LogP contribution >= 0.6 is 23.7 Å². The van der Waals surface area contributed by atoms with E-state index in [0.29, 0.717) is 6.04 Å². The minimum atomic E-state index is -0.00346. The third-order valence-electron chi connectivity index (χ3n) is 6.72. The first kappa shape index (κ1) is 23.9. The first-order valence-corrected chi connectivity index (χ1v) is 12.6. The van der Waals surface area contributed by atoms with Crippen molar-refractivity contribution in [1.29, 1.82) is 0 Å². The van der Waals surface area contributed by atoms with Crippen LogP contribution in [0.2, 0.25) is 0 Å².